The maximum absolute atomic E-state index is 11.1. The van der Waals surface area contributed by atoms with Gasteiger partial charge in [-0.2, -0.15) is 0 Å². The lowest BCUT2D eigenvalue weighted by Crippen LogP contribution is -2.44. The second-order valence-electron chi connectivity index (χ2n) is 3.83. The van der Waals surface area contributed by atoms with Crippen molar-refractivity contribution >= 4 is 11.9 Å². The number of carboxylic acids is 1. The summed E-state index contributed by atoms with van der Waals surface area (Å²) >= 11 is 0. The normalized spacial score (nSPS) is 13.9. The van der Waals surface area contributed by atoms with Gasteiger partial charge >= 0.3 is 5.97 Å². The Labute approximate surface area is 93.5 Å². The van der Waals surface area contributed by atoms with Gasteiger partial charge in [0, 0.05) is 19.3 Å². The van der Waals surface area contributed by atoms with Gasteiger partial charge < -0.3 is 10.4 Å². The maximum atomic E-state index is 11.1. The molecule has 0 saturated carbocycles. The van der Waals surface area contributed by atoms with Crippen molar-refractivity contribution in [1.29, 1.82) is 0 Å². The Kier molecular flexibility index (Phi) is 3.60. The molecule has 86 valence electrons. The Morgan fingerprint density at radius 3 is 2.69 bits per heavy atom. The summed E-state index contributed by atoms with van der Waals surface area (Å²) in [6.45, 7) is 3.02. The summed E-state index contributed by atoms with van der Waals surface area (Å²) in [5, 5.41) is 11.5. The SMILES string of the molecule is CC(=O)NC(C)(CC(=O)O)c1cccnc1. The summed E-state index contributed by atoms with van der Waals surface area (Å²) in [6.07, 6.45) is 2.97. The Balaban J connectivity index is 3.04. The molecule has 0 spiro atoms. The van der Waals surface area contributed by atoms with Crippen molar-refractivity contribution in [3.05, 3.63) is 30.1 Å². The van der Waals surface area contributed by atoms with Crippen LogP contribution in [0.1, 0.15) is 25.8 Å². The zero-order valence-electron chi connectivity index (χ0n) is 9.23. The third-order valence-electron chi connectivity index (χ3n) is 2.26. The van der Waals surface area contributed by atoms with Crippen molar-refractivity contribution in [2.24, 2.45) is 0 Å². The predicted molar refractivity (Wildman–Crippen MR) is 57.7 cm³/mol. The van der Waals surface area contributed by atoms with Gasteiger partial charge in [0.05, 0.1) is 12.0 Å². The third-order valence-corrected chi connectivity index (χ3v) is 2.26. The number of nitrogens with zero attached hydrogens (tertiary/aromatic N) is 1. The highest BCUT2D eigenvalue weighted by molar-refractivity contribution is 5.76. The molecule has 1 rings (SSSR count). The van der Waals surface area contributed by atoms with Crippen molar-refractivity contribution in [3.63, 3.8) is 0 Å². The minimum Gasteiger partial charge on any atom is -0.481 e. The molecule has 0 saturated heterocycles. The van der Waals surface area contributed by atoms with Gasteiger partial charge in [-0.05, 0) is 18.6 Å². The van der Waals surface area contributed by atoms with E-state index < -0.39 is 11.5 Å². The second-order valence-corrected chi connectivity index (χ2v) is 3.83. The quantitative estimate of drug-likeness (QED) is 0.793. The van der Waals surface area contributed by atoms with E-state index >= 15 is 0 Å². The van der Waals surface area contributed by atoms with E-state index in [0.29, 0.717) is 5.56 Å². The van der Waals surface area contributed by atoms with Gasteiger partial charge in [-0.1, -0.05) is 6.07 Å². The van der Waals surface area contributed by atoms with Crippen LogP contribution in [0.4, 0.5) is 0 Å². The summed E-state index contributed by atoms with van der Waals surface area (Å²) < 4.78 is 0. The maximum Gasteiger partial charge on any atom is 0.306 e. The largest absolute Gasteiger partial charge is 0.481 e. The average molecular weight is 222 g/mol. The smallest absolute Gasteiger partial charge is 0.306 e. The van der Waals surface area contributed by atoms with Gasteiger partial charge in [-0.25, -0.2) is 0 Å². The number of hydrogen-bond acceptors (Lipinski definition) is 3. The zero-order chi connectivity index (χ0) is 12.2. The van der Waals surface area contributed by atoms with E-state index in [4.69, 9.17) is 5.11 Å². The van der Waals surface area contributed by atoms with Crippen LogP contribution in [0, 0.1) is 0 Å². The fraction of sp³-hybridized carbons (Fsp3) is 0.364. The van der Waals surface area contributed by atoms with Crippen LogP contribution in [-0.4, -0.2) is 22.0 Å². The average Bonchev–Trinajstić information content (AvgIpc) is 2.16. The van der Waals surface area contributed by atoms with E-state index in [1.807, 2.05) is 0 Å². The number of aliphatic carboxylic acids is 1. The van der Waals surface area contributed by atoms with Crippen molar-refractivity contribution < 1.29 is 14.7 Å². The fourth-order valence-corrected chi connectivity index (χ4v) is 1.60. The summed E-state index contributed by atoms with van der Waals surface area (Å²) in [7, 11) is 0. The zero-order valence-corrected chi connectivity index (χ0v) is 9.23. The Hall–Kier alpha value is -1.91. The Morgan fingerprint density at radius 1 is 1.56 bits per heavy atom. The van der Waals surface area contributed by atoms with Crippen LogP contribution in [0.2, 0.25) is 0 Å². The molecule has 0 aliphatic carbocycles. The lowest BCUT2D eigenvalue weighted by atomic mass is 9.89. The molecule has 0 aliphatic heterocycles. The Morgan fingerprint density at radius 2 is 2.25 bits per heavy atom. The number of nitrogens with one attached hydrogen (secondary N) is 1. The molecule has 1 amide bonds. The monoisotopic (exact) mass is 222 g/mol. The highest BCUT2D eigenvalue weighted by Crippen LogP contribution is 2.23. The molecule has 1 aromatic rings. The standard InChI is InChI=1S/C11H14N2O3/c1-8(14)13-11(2,6-10(15)16)9-4-3-5-12-7-9/h3-5,7H,6H2,1-2H3,(H,13,14)(H,15,16). The molecule has 1 aromatic heterocycles. The lowest BCUT2D eigenvalue weighted by molar-refractivity contribution is -0.139. The van der Waals surface area contributed by atoms with Gasteiger partial charge in [-0.3, -0.25) is 14.6 Å². The highest BCUT2D eigenvalue weighted by atomic mass is 16.4. The van der Waals surface area contributed by atoms with Gasteiger partial charge in [-0.15, -0.1) is 0 Å². The number of carbonyl (C=O) groups is 2. The van der Waals surface area contributed by atoms with Crippen LogP contribution in [0.25, 0.3) is 0 Å². The third kappa shape index (κ3) is 3.05. The predicted octanol–water partition coefficient (Wildman–Crippen LogP) is 0.908. The van der Waals surface area contributed by atoms with Crippen LogP contribution in [0.5, 0.6) is 0 Å². The summed E-state index contributed by atoms with van der Waals surface area (Å²) in [5.41, 5.74) is -0.251. The molecule has 0 fully saturated rings. The van der Waals surface area contributed by atoms with Crippen molar-refractivity contribution in [2.75, 3.05) is 0 Å². The molecule has 16 heavy (non-hydrogen) atoms. The van der Waals surface area contributed by atoms with Gasteiger partial charge in [0.2, 0.25) is 5.91 Å². The Bertz CT molecular complexity index is 373. The highest BCUT2D eigenvalue weighted by Gasteiger charge is 2.30. The minimum atomic E-state index is -0.972. The first-order valence-electron chi connectivity index (χ1n) is 4.85. The molecule has 0 bridgehead atoms. The minimum absolute atomic E-state index is 0.182. The van der Waals surface area contributed by atoms with Crippen LogP contribution in [0.3, 0.4) is 0 Å². The van der Waals surface area contributed by atoms with E-state index in [0.717, 1.165) is 0 Å². The first-order chi connectivity index (χ1) is 7.44. The number of carboxylic acid groups (broad SMARTS) is 1. The molecule has 0 aromatic carbocycles. The van der Waals surface area contributed by atoms with Crippen LogP contribution >= 0.6 is 0 Å². The summed E-state index contributed by atoms with van der Waals surface area (Å²) in [4.78, 5) is 25.8. The second kappa shape index (κ2) is 4.74. The van der Waals surface area contributed by atoms with Crippen molar-refractivity contribution in [1.82, 2.24) is 10.3 Å². The number of carbonyl (C=O) groups excluding carboxylic acids is 1. The van der Waals surface area contributed by atoms with E-state index in [2.05, 4.69) is 10.3 Å². The topological polar surface area (TPSA) is 79.3 Å². The summed E-state index contributed by atoms with van der Waals surface area (Å²) in [5.74, 6) is -1.24. The van der Waals surface area contributed by atoms with Crippen molar-refractivity contribution in [3.8, 4) is 0 Å². The van der Waals surface area contributed by atoms with Crippen LogP contribution < -0.4 is 5.32 Å². The number of aromatic nitrogens is 1. The van der Waals surface area contributed by atoms with Crippen LogP contribution in [-0.2, 0) is 15.1 Å². The van der Waals surface area contributed by atoms with Gasteiger partial charge in [0.15, 0.2) is 0 Å². The first kappa shape index (κ1) is 12.2. The van der Waals surface area contributed by atoms with E-state index in [9.17, 15) is 9.59 Å². The molecular weight excluding hydrogens is 208 g/mol. The molecule has 0 aliphatic rings. The summed E-state index contributed by atoms with van der Waals surface area (Å²) in [6, 6.07) is 3.45. The van der Waals surface area contributed by atoms with Gasteiger partial charge in [0.1, 0.15) is 0 Å². The van der Waals surface area contributed by atoms with Crippen LogP contribution in [0.15, 0.2) is 24.5 Å². The molecule has 0 radical (unpaired) electrons. The van der Waals surface area contributed by atoms with E-state index in [1.165, 1.54) is 6.92 Å². The molecule has 5 heteroatoms. The number of amides is 1. The molecular formula is C11H14N2O3. The molecule has 1 heterocycles. The molecule has 5 nitrogen and oxygen atoms in total. The first-order valence-corrected chi connectivity index (χ1v) is 4.85. The molecule has 2 N–H and O–H groups in total. The lowest BCUT2D eigenvalue weighted by Gasteiger charge is -2.28. The van der Waals surface area contributed by atoms with E-state index in [-0.39, 0.29) is 12.3 Å². The fourth-order valence-electron chi connectivity index (χ4n) is 1.60. The van der Waals surface area contributed by atoms with E-state index in [1.54, 1.807) is 31.5 Å². The number of pyridine rings is 1. The number of rotatable bonds is 4. The molecule has 1 atom stereocenters. The molecule has 1 unspecified atom stereocenters. The number of hydrogen-bond donors (Lipinski definition) is 2. The van der Waals surface area contributed by atoms with Gasteiger partial charge in [0.25, 0.3) is 0 Å². The van der Waals surface area contributed by atoms with Crippen molar-refractivity contribution in [2.45, 2.75) is 25.8 Å².